The van der Waals surface area contributed by atoms with Gasteiger partial charge in [0, 0.05) is 0 Å². The van der Waals surface area contributed by atoms with E-state index in [4.69, 9.17) is 10.6 Å². The molecule has 3 N–H and O–H groups in total. The van der Waals surface area contributed by atoms with Crippen molar-refractivity contribution in [2.75, 3.05) is 5.43 Å². The fraction of sp³-hybridized carbons (Fsp3) is 0.375. The average Bonchev–Trinajstić information content (AvgIpc) is 2.49. The fourth-order valence-electron chi connectivity index (χ4n) is 2.13. The van der Waals surface area contributed by atoms with Crippen LogP contribution in [0.3, 0.4) is 0 Å². The number of ether oxygens (including phenoxy) is 1. The highest BCUT2D eigenvalue weighted by atomic mass is 16.5. The summed E-state index contributed by atoms with van der Waals surface area (Å²) >= 11 is 0. The van der Waals surface area contributed by atoms with Gasteiger partial charge in [0.1, 0.15) is 17.9 Å². The van der Waals surface area contributed by atoms with Crippen molar-refractivity contribution < 1.29 is 4.74 Å². The molecular weight excluding hydrogens is 264 g/mol. The maximum Gasteiger partial charge on any atom is 0.227 e. The van der Waals surface area contributed by atoms with E-state index in [1.807, 2.05) is 18.2 Å². The zero-order valence-corrected chi connectivity index (χ0v) is 12.8. The summed E-state index contributed by atoms with van der Waals surface area (Å²) < 4.78 is 5.95. The number of aromatic nitrogens is 2. The Kier molecular flexibility index (Phi) is 5.11. The fourth-order valence-corrected chi connectivity index (χ4v) is 2.13. The lowest BCUT2D eigenvalue weighted by molar-refractivity contribution is 0.453. The van der Waals surface area contributed by atoms with Crippen LogP contribution in [0.25, 0.3) is 0 Å². The molecule has 0 unspecified atom stereocenters. The van der Waals surface area contributed by atoms with Gasteiger partial charge in [0.05, 0.1) is 5.56 Å². The van der Waals surface area contributed by atoms with Crippen LogP contribution in [0.1, 0.15) is 44.2 Å². The van der Waals surface area contributed by atoms with Gasteiger partial charge in [-0.2, -0.15) is 0 Å². The minimum atomic E-state index is 0.454. The van der Waals surface area contributed by atoms with Gasteiger partial charge in [-0.05, 0) is 30.0 Å². The minimum absolute atomic E-state index is 0.454. The summed E-state index contributed by atoms with van der Waals surface area (Å²) in [4.78, 5) is 8.38. The van der Waals surface area contributed by atoms with Gasteiger partial charge >= 0.3 is 0 Å². The van der Waals surface area contributed by atoms with Gasteiger partial charge < -0.3 is 10.2 Å². The summed E-state index contributed by atoms with van der Waals surface area (Å²) in [6, 6.07) is 8.06. The largest absolute Gasteiger partial charge is 0.439 e. The second kappa shape index (κ2) is 7.04. The Hall–Kier alpha value is -2.14. The van der Waals surface area contributed by atoms with Crippen molar-refractivity contribution in [2.45, 2.75) is 39.5 Å². The lowest BCUT2D eigenvalue weighted by atomic mass is 10.0. The van der Waals surface area contributed by atoms with Gasteiger partial charge in [0.15, 0.2) is 0 Å². The van der Waals surface area contributed by atoms with Gasteiger partial charge in [-0.15, -0.1) is 0 Å². The minimum Gasteiger partial charge on any atom is -0.439 e. The highest BCUT2D eigenvalue weighted by Gasteiger charge is 2.12. The van der Waals surface area contributed by atoms with Crippen LogP contribution in [0.2, 0.25) is 0 Å². The van der Waals surface area contributed by atoms with Crippen molar-refractivity contribution in [1.29, 1.82) is 0 Å². The number of nitrogens with two attached hydrogens (primary N) is 1. The first-order chi connectivity index (χ1) is 10.2. The topological polar surface area (TPSA) is 73.1 Å². The zero-order valence-electron chi connectivity index (χ0n) is 12.8. The summed E-state index contributed by atoms with van der Waals surface area (Å²) in [5, 5.41) is 0. The number of hydrazine groups is 1. The Morgan fingerprint density at radius 3 is 2.76 bits per heavy atom. The lowest BCUT2D eigenvalue weighted by Gasteiger charge is -2.13. The van der Waals surface area contributed by atoms with E-state index in [1.165, 1.54) is 11.9 Å². The Morgan fingerprint density at radius 1 is 1.29 bits per heavy atom. The van der Waals surface area contributed by atoms with Gasteiger partial charge in [-0.25, -0.2) is 15.8 Å². The summed E-state index contributed by atoms with van der Waals surface area (Å²) in [5.41, 5.74) is 4.74. The maximum atomic E-state index is 5.95. The van der Waals surface area contributed by atoms with Gasteiger partial charge in [0.25, 0.3) is 0 Å². The van der Waals surface area contributed by atoms with Crippen molar-refractivity contribution in [3.8, 4) is 11.6 Å². The molecule has 0 saturated heterocycles. The standard InChI is InChI=1S/C16H22N4O/c1-4-6-14-15(20-17)18-10-19-16(14)21-13-8-5-7-12(9-13)11(2)3/h5,7-11H,4,6,17H2,1-3H3,(H,18,19,20). The number of anilines is 1. The van der Waals surface area contributed by atoms with Crippen LogP contribution in [0, 0.1) is 0 Å². The molecule has 0 aliphatic rings. The van der Waals surface area contributed by atoms with E-state index < -0.39 is 0 Å². The van der Waals surface area contributed by atoms with Crippen molar-refractivity contribution in [2.24, 2.45) is 5.84 Å². The van der Waals surface area contributed by atoms with E-state index in [2.05, 4.69) is 42.2 Å². The molecule has 1 aromatic carbocycles. The molecule has 0 bridgehead atoms. The molecule has 2 rings (SSSR count). The number of nitrogen functional groups attached to an aromatic ring is 1. The molecule has 5 heteroatoms. The third-order valence-corrected chi connectivity index (χ3v) is 3.28. The molecule has 0 aliphatic heterocycles. The van der Waals surface area contributed by atoms with Crippen molar-refractivity contribution >= 4 is 5.82 Å². The number of rotatable bonds is 6. The molecule has 0 spiro atoms. The van der Waals surface area contributed by atoms with Crippen molar-refractivity contribution in [1.82, 2.24) is 9.97 Å². The second-order valence-corrected chi connectivity index (χ2v) is 5.23. The molecule has 0 atom stereocenters. The van der Waals surface area contributed by atoms with Crippen LogP contribution < -0.4 is 16.0 Å². The van der Waals surface area contributed by atoms with Gasteiger partial charge in [-0.1, -0.05) is 39.3 Å². The number of hydrogen-bond acceptors (Lipinski definition) is 5. The molecule has 0 amide bonds. The normalized spacial score (nSPS) is 10.7. The second-order valence-electron chi connectivity index (χ2n) is 5.23. The van der Waals surface area contributed by atoms with E-state index in [0.29, 0.717) is 17.6 Å². The third kappa shape index (κ3) is 3.70. The molecular formula is C16H22N4O. The number of nitrogens with one attached hydrogen (secondary N) is 1. The molecule has 112 valence electrons. The molecule has 1 heterocycles. The van der Waals surface area contributed by atoms with Crippen LogP contribution in [0.5, 0.6) is 11.6 Å². The summed E-state index contributed by atoms with van der Waals surface area (Å²) in [7, 11) is 0. The predicted molar refractivity (Wildman–Crippen MR) is 84.4 cm³/mol. The van der Waals surface area contributed by atoms with Gasteiger partial charge in [-0.3, -0.25) is 0 Å². The van der Waals surface area contributed by atoms with E-state index in [-0.39, 0.29) is 0 Å². The zero-order chi connectivity index (χ0) is 15.2. The molecule has 0 fully saturated rings. The summed E-state index contributed by atoms with van der Waals surface area (Å²) in [6.45, 7) is 6.40. The smallest absolute Gasteiger partial charge is 0.227 e. The monoisotopic (exact) mass is 286 g/mol. The summed E-state index contributed by atoms with van der Waals surface area (Å²) in [6.07, 6.45) is 3.22. The highest BCUT2D eigenvalue weighted by Crippen LogP contribution is 2.29. The molecule has 2 aromatic rings. The predicted octanol–water partition coefficient (Wildman–Crippen LogP) is 3.63. The maximum absolute atomic E-state index is 5.95. The van der Waals surface area contributed by atoms with E-state index >= 15 is 0 Å². The van der Waals surface area contributed by atoms with Gasteiger partial charge in [0.2, 0.25) is 5.88 Å². The Labute approximate surface area is 125 Å². The summed E-state index contributed by atoms with van der Waals surface area (Å²) in [5.74, 6) is 7.91. The molecule has 5 nitrogen and oxygen atoms in total. The molecule has 0 radical (unpaired) electrons. The molecule has 21 heavy (non-hydrogen) atoms. The Balaban J connectivity index is 2.32. The van der Waals surface area contributed by atoms with Crippen LogP contribution in [-0.4, -0.2) is 9.97 Å². The quantitative estimate of drug-likeness (QED) is 0.626. The number of nitrogens with zero attached hydrogens (tertiary/aromatic N) is 2. The molecule has 1 aromatic heterocycles. The van der Waals surface area contributed by atoms with Crippen LogP contribution in [0.4, 0.5) is 5.82 Å². The highest BCUT2D eigenvalue weighted by molar-refractivity contribution is 5.49. The van der Waals surface area contributed by atoms with E-state index in [1.54, 1.807) is 0 Å². The molecule has 0 aliphatic carbocycles. The van der Waals surface area contributed by atoms with Crippen LogP contribution >= 0.6 is 0 Å². The number of benzene rings is 1. The Bertz CT molecular complexity index is 599. The van der Waals surface area contributed by atoms with Crippen LogP contribution in [-0.2, 0) is 6.42 Å². The third-order valence-electron chi connectivity index (χ3n) is 3.28. The Morgan fingerprint density at radius 2 is 2.10 bits per heavy atom. The molecule has 0 saturated carbocycles. The average molecular weight is 286 g/mol. The van der Waals surface area contributed by atoms with Crippen LogP contribution in [0.15, 0.2) is 30.6 Å². The van der Waals surface area contributed by atoms with Crippen molar-refractivity contribution in [3.05, 3.63) is 41.7 Å². The SMILES string of the molecule is CCCc1c(NN)ncnc1Oc1cccc(C(C)C)c1. The first-order valence-electron chi connectivity index (χ1n) is 7.24. The first kappa shape index (κ1) is 15.3. The number of hydrogen-bond donors (Lipinski definition) is 2. The lowest BCUT2D eigenvalue weighted by Crippen LogP contribution is -2.12. The first-order valence-corrected chi connectivity index (χ1v) is 7.24. The van der Waals surface area contributed by atoms with E-state index in [0.717, 1.165) is 24.2 Å². The van der Waals surface area contributed by atoms with Crippen molar-refractivity contribution in [3.63, 3.8) is 0 Å². The van der Waals surface area contributed by atoms with E-state index in [9.17, 15) is 0 Å².